The van der Waals surface area contributed by atoms with Gasteiger partial charge in [0.1, 0.15) is 0 Å². The topological polar surface area (TPSA) is 37.4 Å². The maximum Gasteiger partial charge on any atom is 0.264 e. The van der Waals surface area contributed by atoms with E-state index in [1.54, 1.807) is 12.1 Å². The van der Waals surface area contributed by atoms with E-state index in [0.717, 1.165) is 17.7 Å². The number of rotatable bonds is 3. The quantitative estimate of drug-likeness (QED) is 0.795. The molecule has 3 rings (SSSR count). The normalized spacial score (nSPS) is 25.5. The number of nitrogens with zero attached hydrogens (tertiary/aromatic N) is 1. The van der Waals surface area contributed by atoms with E-state index < -0.39 is 10.0 Å². The summed E-state index contributed by atoms with van der Waals surface area (Å²) >= 11 is 0. The lowest BCUT2D eigenvalue weighted by Gasteiger charge is -2.23. The van der Waals surface area contributed by atoms with Crippen LogP contribution in [0.15, 0.2) is 53.1 Å². The van der Waals surface area contributed by atoms with E-state index in [-0.39, 0.29) is 5.41 Å². The standard InChI is InChI=1S/C15H17NO2S/c1-4-15-9-14(15)12(3)16(10-15)19(17,18)13-7-5-11(2)6-8-13/h4-8H,1,9-10H2,2-3H3. The zero-order valence-electron chi connectivity index (χ0n) is 11.2. The molecule has 1 aromatic carbocycles. The van der Waals surface area contributed by atoms with Gasteiger partial charge in [0.15, 0.2) is 0 Å². The van der Waals surface area contributed by atoms with Crippen LogP contribution in [-0.2, 0) is 10.0 Å². The Kier molecular flexibility index (Phi) is 2.45. The first-order chi connectivity index (χ1) is 8.90. The molecule has 0 bridgehead atoms. The molecule has 4 heteroatoms. The molecule has 1 fully saturated rings. The summed E-state index contributed by atoms with van der Waals surface area (Å²) in [7, 11) is -3.43. The van der Waals surface area contributed by atoms with Crippen LogP contribution in [0.4, 0.5) is 0 Å². The highest BCUT2D eigenvalue weighted by Crippen LogP contribution is 2.60. The second kappa shape index (κ2) is 3.73. The third kappa shape index (κ3) is 1.66. The van der Waals surface area contributed by atoms with Crippen LogP contribution in [-0.4, -0.2) is 19.3 Å². The summed E-state index contributed by atoms with van der Waals surface area (Å²) in [5.74, 6) is 0. The van der Waals surface area contributed by atoms with Gasteiger partial charge in [0.25, 0.3) is 10.0 Å². The fourth-order valence-electron chi connectivity index (χ4n) is 2.80. The molecular formula is C15H17NO2S. The van der Waals surface area contributed by atoms with Crippen molar-refractivity contribution in [2.75, 3.05) is 6.54 Å². The van der Waals surface area contributed by atoms with Gasteiger partial charge in [-0.3, -0.25) is 4.31 Å². The van der Waals surface area contributed by atoms with Crippen molar-refractivity contribution >= 4 is 10.0 Å². The molecule has 0 amide bonds. The molecule has 0 spiro atoms. The lowest BCUT2D eigenvalue weighted by atomic mass is 10.1. The summed E-state index contributed by atoms with van der Waals surface area (Å²) < 4.78 is 26.8. The zero-order chi connectivity index (χ0) is 13.8. The molecule has 100 valence electrons. The lowest BCUT2D eigenvalue weighted by molar-refractivity contribution is 0.451. The number of allylic oxidation sites excluding steroid dienone is 1. The molecule has 1 unspecified atom stereocenters. The van der Waals surface area contributed by atoms with Gasteiger partial charge in [0, 0.05) is 17.7 Å². The van der Waals surface area contributed by atoms with Crippen molar-refractivity contribution in [2.45, 2.75) is 25.2 Å². The molecule has 0 aromatic heterocycles. The van der Waals surface area contributed by atoms with Crippen molar-refractivity contribution in [3.63, 3.8) is 0 Å². The predicted octanol–water partition coefficient (Wildman–Crippen LogP) is 2.85. The molecule has 1 aromatic rings. The fourth-order valence-corrected chi connectivity index (χ4v) is 4.40. The molecule has 0 radical (unpaired) electrons. The summed E-state index contributed by atoms with van der Waals surface area (Å²) in [6.45, 7) is 8.18. The number of sulfonamides is 1. The molecule has 1 saturated carbocycles. The van der Waals surface area contributed by atoms with Gasteiger partial charge in [-0.2, -0.15) is 0 Å². The average Bonchev–Trinajstić information content (AvgIpc) is 3.04. The largest absolute Gasteiger partial charge is 0.269 e. The van der Waals surface area contributed by atoms with E-state index in [1.165, 1.54) is 9.88 Å². The third-order valence-electron chi connectivity index (χ3n) is 4.20. The zero-order valence-corrected chi connectivity index (χ0v) is 12.0. The molecule has 19 heavy (non-hydrogen) atoms. The van der Waals surface area contributed by atoms with Crippen molar-refractivity contribution in [1.82, 2.24) is 4.31 Å². The van der Waals surface area contributed by atoms with Crippen molar-refractivity contribution in [2.24, 2.45) is 5.41 Å². The second-order valence-corrected chi connectivity index (χ2v) is 7.29. The van der Waals surface area contributed by atoms with E-state index in [1.807, 2.05) is 32.1 Å². The third-order valence-corrected chi connectivity index (χ3v) is 6.06. The maximum absolute atomic E-state index is 12.6. The predicted molar refractivity (Wildman–Crippen MR) is 75.0 cm³/mol. The number of benzene rings is 1. The molecule has 1 aliphatic heterocycles. The van der Waals surface area contributed by atoms with Crippen molar-refractivity contribution in [3.8, 4) is 0 Å². The highest BCUT2D eigenvalue weighted by Gasteiger charge is 2.56. The Balaban J connectivity index is 2.00. The fraction of sp³-hybridized carbons (Fsp3) is 0.333. The molecule has 0 saturated heterocycles. The first kappa shape index (κ1) is 12.5. The van der Waals surface area contributed by atoms with Crippen LogP contribution >= 0.6 is 0 Å². The summed E-state index contributed by atoms with van der Waals surface area (Å²) in [5, 5.41) is 0. The Hall–Kier alpha value is -1.55. The van der Waals surface area contributed by atoms with Gasteiger partial charge in [-0.05, 0) is 38.0 Å². The van der Waals surface area contributed by atoms with Crippen molar-refractivity contribution in [1.29, 1.82) is 0 Å². The van der Waals surface area contributed by atoms with Crippen LogP contribution in [0.5, 0.6) is 0 Å². The minimum atomic E-state index is -3.43. The second-order valence-electron chi connectivity index (χ2n) is 5.43. The monoisotopic (exact) mass is 275 g/mol. The number of aryl methyl sites for hydroxylation is 1. The Labute approximate surface area is 114 Å². The van der Waals surface area contributed by atoms with Crippen LogP contribution in [0.3, 0.4) is 0 Å². The highest BCUT2D eigenvalue weighted by molar-refractivity contribution is 7.89. The van der Waals surface area contributed by atoms with Crippen LogP contribution in [0.1, 0.15) is 18.9 Å². The smallest absolute Gasteiger partial charge is 0.264 e. The Morgan fingerprint density at radius 1 is 1.26 bits per heavy atom. The molecule has 3 nitrogen and oxygen atoms in total. The van der Waals surface area contributed by atoms with Gasteiger partial charge in [0.2, 0.25) is 0 Å². The maximum atomic E-state index is 12.6. The molecule has 0 N–H and O–H groups in total. The van der Waals surface area contributed by atoms with E-state index in [2.05, 4.69) is 6.58 Å². The van der Waals surface area contributed by atoms with Gasteiger partial charge in [0.05, 0.1) is 4.90 Å². The molecule has 1 aliphatic carbocycles. The molecular weight excluding hydrogens is 258 g/mol. The number of hydrogen-bond donors (Lipinski definition) is 0. The molecule has 1 heterocycles. The molecule has 2 aliphatic rings. The van der Waals surface area contributed by atoms with E-state index >= 15 is 0 Å². The number of fused-ring (bicyclic) bond motifs is 1. The van der Waals surface area contributed by atoms with Crippen molar-refractivity contribution in [3.05, 3.63) is 53.8 Å². The summed E-state index contributed by atoms with van der Waals surface area (Å²) in [6.07, 6.45) is 2.85. The molecule has 1 atom stereocenters. The first-order valence-electron chi connectivity index (χ1n) is 6.34. The van der Waals surface area contributed by atoms with Crippen molar-refractivity contribution < 1.29 is 8.42 Å². The van der Waals surface area contributed by atoms with Gasteiger partial charge in [-0.25, -0.2) is 8.42 Å². The van der Waals surface area contributed by atoms with Crippen LogP contribution in [0.2, 0.25) is 0 Å². The lowest BCUT2D eigenvalue weighted by Crippen LogP contribution is -2.31. The first-order valence-corrected chi connectivity index (χ1v) is 7.78. The van der Waals surface area contributed by atoms with Crippen LogP contribution in [0, 0.1) is 12.3 Å². The Bertz CT molecular complexity index is 685. The minimum absolute atomic E-state index is 0.0815. The Morgan fingerprint density at radius 2 is 1.89 bits per heavy atom. The SMILES string of the molecule is C=CC12CC1=C(C)N(S(=O)(=O)c1ccc(C)cc1)C2. The van der Waals surface area contributed by atoms with Gasteiger partial charge in [-0.15, -0.1) is 6.58 Å². The van der Waals surface area contributed by atoms with Gasteiger partial charge in [-0.1, -0.05) is 23.8 Å². The summed E-state index contributed by atoms with van der Waals surface area (Å²) in [5.41, 5.74) is 3.07. The minimum Gasteiger partial charge on any atom is -0.269 e. The summed E-state index contributed by atoms with van der Waals surface area (Å²) in [4.78, 5) is 0.360. The van der Waals surface area contributed by atoms with Gasteiger partial charge < -0.3 is 0 Å². The van der Waals surface area contributed by atoms with E-state index in [4.69, 9.17) is 0 Å². The Morgan fingerprint density at radius 3 is 2.42 bits per heavy atom. The van der Waals surface area contributed by atoms with Crippen LogP contribution < -0.4 is 0 Å². The van der Waals surface area contributed by atoms with E-state index in [9.17, 15) is 8.42 Å². The van der Waals surface area contributed by atoms with E-state index in [0.29, 0.717) is 11.4 Å². The number of hydrogen-bond acceptors (Lipinski definition) is 2. The van der Waals surface area contributed by atoms with Crippen LogP contribution in [0.25, 0.3) is 0 Å². The average molecular weight is 275 g/mol. The van der Waals surface area contributed by atoms with Gasteiger partial charge >= 0.3 is 0 Å². The highest BCUT2D eigenvalue weighted by atomic mass is 32.2. The summed E-state index contributed by atoms with van der Waals surface area (Å²) in [6, 6.07) is 7.01.